The van der Waals surface area contributed by atoms with Crippen LogP contribution in [0.3, 0.4) is 0 Å². The number of nitrogens with one attached hydrogen (secondary N) is 1. The first-order valence-electron chi connectivity index (χ1n) is 4.79. The molecule has 2 N–H and O–H groups in total. The quantitative estimate of drug-likeness (QED) is 0.762. The minimum Gasteiger partial charge on any atom is -0.481 e. The lowest BCUT2D eigenvalue weighted by Crippen LogP contribution is -2.21. The Morgan fingerprint density at radius 1 is 1.40 bits per heavy atom. The number of para-hydroxylation sites is 1. The van der Waals surface area contributed by atoms with E-state index in [0.717, 1.165) is 5.56 Å². The van der Waals surface area contributed by atoms with Crippen molar-refractivity contribution in [3.63, 3.8) is 0 Å². The maximum Gasteiger partial charge on any atom is 0.307 e. The zero-order valence-corrected chi connectivity index (χ0v) is 8.12. The van der Waals surface area contributed by atoms with Gasteiger partial charge in [0, 0.05) is 12.1 Å². The number of benzene rings is 1. The number of hydrogen-bond donors (Lipinski definition) is 2. The molecular weight excluding hydrogens is 194 g/mol. The molecule has 1 amide bonds. The fraction of sp³-hybridized carbons (Fsp3) is 0.273. The second-order valence-electron chi connectivity index (χ2n) is 3.57. The largest absolute Gasteiger partial charge is 0.481 e. The van der Waals surface area contributed by atoms with Gasteiger partial charge in [0.25, 0.3) is 0 Å². The average Bonchev–Trinajstić information content (AvgIpc) is 2.18. The Morgan fingerprint density at radius 2 is 2.20 bits per heavy atom. The standard InChI is InChI=1S/C11H11NO3/c13-9-5-4-7-2-1-3-8(6-10(14)15)11(7)12-9/h1-3H,4-6H2,(H,12,13)(H,14,15). The van der Waals surface area contributed by atoms with Crippen LogP contribution in [-0.2, 0) is 22.4 Å². The van der Waals surface area contributed by atoms with Crippen molar-refractivity contribution in [2.45, 2.75) is 19.3 Å². The van der Waals surface area contributed by atoms with E-state index >= 15 is 0 Å². The second kappa shape index (κ2) is 3.73. The number of fused-ring (bicyclic) bond motifs is 1. The van der Waals surface area contributed by atoms with Crippen LogP contribution in [0.5, 0.6) is 0 Å². The Bertz CT molecular complexity index is 426. The first-order chi connectivity index (χ1) is 7.16. The summed E-state index contributed by atoms with van der Waals surface area (Å²) in [5.74, 6) is -0.927. The molecule has 1 aliphatic heterocycles. The highest BCUT2D eigenvalue weighted by molar-refractivity contribution is 5.95. The lowest BCUT2D eigenvalue weighted by atomic mass is 9.97. The third-order valence-corrected chi connectivity index (χ3v) is 2.46. The third-order valence-electron chi connectivity index (χ3n) is 2.46. The Kier molecular flexibility index (Phi) is 2.41. The maximum atomic E-state index is 11.2. The van der Waals surface area contributed by atoms with Crippen molar-refractivity contribution in [2.24, 2.45) is 0 Å². The van der Waals surface area contributed by atoms with Crippen LogP contribution >= 0.6 is 0 Å². The van der Waals surface area contributed by atoms with E-state index in [2.05, 4.69) is 5.32 Å². The van der Waals surface area contributed by atoms with Crippen molar-refractivity contribution in [3.8, 4) is 0 Å². The fourth-order valence-electron chi connectivity index (χ4n) is 1.78. The van der Waals surface area contributed by atoms with E-state index < -0.39 is 5.97 Å². The number of carbonyl (C=O) groups excluding carboxylic acids is 1. The highest BCUT2D eigenvalue weighted by atomic mass is 16.4. The molecule has 0 saturated heterocycles. The summed E-state index contributed by atoms with van der Waals surface area (Å²) in [6, 6.07) is 5.48. The Hall–Kier alpha value is -1.84. The normalized spacial score (nSPS) is 14.3. The number of amides is 1. The number of rotatable bonds is 2. The molecule has 0 fully saturated rings. The lowest BCUT2D eigenvalue weighted by molar-refractivity contribution is -0.136. The summed E-state index contributed by atoms with van der Waals surface area (Å²) in [6.45, 7) is 0. The average molecular weight is 205 g/mol. The van der Waals surface area contributed by atoms with Crippen LogP contribution in [0.4, 0.5) is 5.69 Å². The number of hydrogen-bond acceptors (Lipinski definition) is 2. The molecule has 0 spiro atoms. The van der Waals surface area contributed by atoms with Crippen molar-refractivity contribution in [1.82, 2.24) is 0 Å². The summed E-state index contributed by atoms with van der Waals surface area (Å²) in [7, 11) is 0. The molecule has 0 aliphatic carbocycles. The number of aliphatic carboxylic acids is 1. The number of carboxylic acids is 1. The molecule has 1 heterocycles. The molecule has 0 radical (unpaired) electrons. The molecule has 15 heavy (non-hydrogen) atoms. The zero-order chi connectivity index (χ0) is 10.8. The van der Waals surface area contributed by atoms with Crippen LogP contribution < -0.4 is 5.32 Å². The van der Waals surface area contributed by atoms with Crippen LogP contribution in [-0.4, -0.2) is 17.0 Å². The van der Waals surface area contributed by atoms with E-state index in [-0.39, 0.29) is 12.3 Å². The summed E-state index contributed by atoms with van der Waals surface area (Å²) in [5, 5.41) is 11.5. The predicted molar refractivity (Wildman–Crippen MR) is 54.7 cm³/mol. The third kappa shape index (κ3) is 1.98. The van der Waals surface area contributed by atoms with Gasteiger partial charge in [-0.3, -0.25) is 9.59 Å². The van der Waals surface area contributed by atoms with Crippen molar-refractivity contribution in [1.29, 1.82) is 0 Å². The molecule has 0 atom stereocenters. The molecule has 0 bridgehead atoms. The van der Waals surface area contributed by atoms with E-state index in [9.17, 15) is 9.59 Å². The second-order valence-corrected chi connectivity index (χ2v) is 3.57. The molecule has 2 rings (SSSR count). The molecule has 1 aliphatic rings. The Labute approximate surface area is 86.9 Å². The number of anilines is 1. The van der Waals surface area contributed by atoms with E-state index in [1.54, 1.807) is 6.07 Å². The Morgan fingerprint density at radius 3 is 2.93 bits per heavy atom. The van der Waals surface area contributed by atoms with Gasteiger partial charge >= 0.3 is 5.97 Å². The fourth-order valence-corrected chi connectivity index (χ4v) is 1.78. The first-order valence-corrected chi connectivity index (χ1v) is 4.79. The highest BCUT2D eigenvalue weighted by Gasteiger charge is 2.18. The van der Waals surface area contributed by atoms with Crippen molar-refractivity contribution >= 4 is 17.6 Å². The monoisotopic (exact) mass is 205 g/mol. The molecule has 1 aromatic rings. The van der Waals surface area contributed by atoms with E-state index in [1.807, 2.05) is 12.1 Å². The van der Waals surface area contributed by atoms with E-state index in [1.165, 1.54) is 0 Å². The minimum absolute atomic E-state index is 0.0414. The van der Waals surface area contributed by atoms with Crippen LogP contribution in [0.1, 0.15) is 17.5 Å². The first kappa shape index (κ1) is 9.71. The maximum absolute atomic E-state index is 11.2. The number of carbonyl (C=O) groups is 2. The summed E-state index contributed by atoms with van der Waals surface area (Å²) < 4.78 is 0. The van der Waals surface area contributed by atoms with Crippen LogP contribution in [0.2, 0.25) is 0 Å². The molecule has 0 saturated carbocycles. The van der Waals surface area contributed by atoms with Gasteiger partial charge in [-0.15, -0.1) is 0 Å². The van der Waals surface area contributed by atoms with E-state index in [4.69, 9.17) is 5.11 Å². The molecular formula is C11H11NO3. The van der Waals surface area contributed by atoms with Gasteiger partial charge in [-0.25, -0.2) is 0 Å². The lowest BCUT2D eigenvalue weighted by Gasteiger charge is -2.19. The highest BCUT2D eigenvalue weighted by Crippen LogP contribution is 2.26. The van der Waals surface area contributed by atoms with Crippen LogP contribution in [0.15, 0.2) is 18.2 Å². The van der Waals surface area contributed by atoms with Crippen molar-refractivity contribution in [3.05, 3.63) is 29.3 Å². The van der Waals surface area contributed by atoms with Crippen LogP contribution in [0, 0.1) is 0 Å². The van der Waals surface area contributed by atoms with Gasteiger partial charge in [-0.2, -0.15) is 0 Å². The van der Waals surface area contributed by atoms with Crippen LogP contribution in [0.25, 0.3) is 0 Å². The molecule has 0 aromatic heterocycles. The van der Waals surface area contributed by atoms with Gasteiger partial charge in [0.15, 0.2) is 0 Å². The zero-order valence-electron chi connectivity index (χ0n) is 8.12. The van der Waals surface area contributed by atoms with Gasteiger partial charge < -0.3 is 10.4 Å². The number of aryl methyl sites for hydroxylation is 1. The van der Waals surface area contributed by atoms with Gasteiger partial charge in [-0.05, 0) is 17.5 Å². The minimum atomic E-state index is -0.886. The van der Waals surface area contributed by atoms with Gasteiger partial charge in [0.2, 0.25) is 5.91 Å². The topological polar surface area (TPSA) is 66.4 Å². The summed E-state index contributed by atoms with van der Waals surface area (Å²) in [4.78, 5) is 21.8. The molecule has 78 valence electrons. The molecule has 4 heteroatoms. The molecule has 1 aromatic carbocycles. The smallest absolute Gasteiger partial charge is 0.307 e. The van der Waals surface area contributed by atoms with Gasteiger partial charge in [0.05, 0.1) is 6.42 Å². The van der Waals surface area contributed by atoms with Crippen molar-refractivity contribution < 1.29 is 14.7 Å². The summed E-state index contributed by atoms with van der Waals surface area (Å²) in [5.41, 5.74) is 2.39. The van der Waals surface area contributed by atoms with Gasteiger partial charge in [0.1, 0.15) is 0 Å². The van der Waals surface area contributed by atoms with E-state index in [0.29, 0.717) is 24.1 Å². The molecule has 4 nitrogen and oxygen atoms in total. The predicted octanol–water partition coefficient (Wildman–Crippen LogP) is 1.20. The Balaban J connectivity index is 2.39. The molecule has 0 unspecified atom stereocenters. The van der Waals surface area contributed by atoms with Crippen molar-refractivity contribution in [2.75, 3.05) is 5.32 Å². The summed E-state index contributed by atoms with van der Waals surface area (Å²) in [6.07, 6.45) is 1.11. The SMILES string of the molecule is O=C(O)Cc1cccc2c1NC(=O)CC2. The summed E-state index contributed by atoms with van der Waals surface area (Å²) >= 11 is 0. The van der Waals surface area contributed by atoms with Gasteiger partial charge in [-0.1, -0.05) is 18.2 Å². The number of carboxylic acid groups (broad SMARTS) is 1.